The van der Waals surface area contributed by atoms with Gasteiger partial charge in [-0.25, -0.2) is 0 Å². The minimum Gasteiger partial charge on any atom is -0.373 e. The van der Waals surface area contributed by atoms with Crippen LogP contribution in [0.25, 0.3) is 0 Å². The first-order valence-electron chi connectivity index (χ1n) is 7.74. The van der Waals surface area contributed by atoms with Crippen LogP contribution in [-0.4, -0.2) is 18.7 Å². The Labute approximate surface area is 116 Å². The minimum atomic E-state index is 0.449. The van der Waals surface area contributed by atoms with Crippen molar-refractivity contribution in [3.8, 4) is 0 Å². The summed E-state index contributed by atoms with van der Waals surface area (Å²) in [5.74, 6) is 0. The molecule has 0 amide bonds. The van der Waals surface area contributed by atoms with Crippen molar-refractivity contribution in [2.24, 2.45) is 5.41 Å². The van der Waals surface area contributed by atoms with Crippen LogP contribution in [-0.2, 0) is 11.3 Å². The first kappa shape index (κ1) is 13.1. The lowest BCUT2D eigenvalue weighted by atomic mass is 9.60. The summed E-state index contributed by atoms with van der Waals surface area (Å²) >= 11 is 0. The van der Waals surface area contributed by atoms with Gasteiger partial charge in [-0.2, -0.15) is 0 Å². The van der Waals surface area contributed by atoms with Crippen molar-refractivity contribution in [2.75, 3.05) is 6.54 Å². The molecule has 1 aromatic rings. The van der Waals surface area contributed by atoms with Gasteiger partial charge < -0.3 is 10.1 Å². The van der Waals surface area contributed by atoms with Gasteiger partial charge in [0, 0.05) is 11.5 Å². The third kappa shape index (κ3) is 2.44. The van der Waals surface area contributed by atoms with Gasteiger partial charge in [-0.05, 0) is 31.4 Å². The number of benzene rings is 1. The summed E-state index contributed by atoms with van der Waals surface area (Å²) in [6.07, 6.45) is 7.13. The average Bonchev–Trinajstić information content (AvgIpc) is 2.95. The molecule has 0 heterocycles. The lowest BCUT2D eigenvalue weighted by molar-refractivity contribution is -0.139. The van der Waals surface area contributed by atoms with Crippen LogP contribution in [0.2, 0.25) is 0 Å². The van der Waals surface area contributed by atoms with Gasteiger partial charge in [-0.1, -0.05) is 50.1 Å². The van der Waals surface area contributed by atoms with Crippen molar-refractivity contribution >= 4 is 0 Å². The summed E-state index contributed by atoms with van der Waals surface area (Å²) < 4.78 is 6.24. The van der Waals surface area contributed by atoms with Crippen LogP contribution in [0.3, 0.4) is 0 Å². The third-order valence-corrected chi connectivity index (χ3v) is 5.06. The van der Waals surface area contributed by atoms with Gasteiger partial charge in [0.1, 0.15) is 0 Å². The van der Waals surface area contributed by atoms with E-state index < -0.39 is 0 Å². The van der Waals surface area contributed by atoms with E-state index in [9.17, 15) is 0 Å². The molecule has 19 heavy (non-hydrogen) atoms. The number of rotatable bonds is 5. The molecule has 2 saturated carbocycles. The Morgan fingerprint density at radius 1 is 1.21 bits per heavy atom. The Morgan fingerprint density at radius 3 is 2.63 bits per heavy atom. The molecule has 2 atom stereocenters. The van der Waals surface area contributed by atoms with Crippen LogP contribution in [0, 0.1) is 5.41 Å². The molecule has 1 spiro atoms. The molecule has 0 aliphatic heterocycles. The molecule has 2 aliphatic rings. The van der Waals surface area contributed by atoms with E-state index in [1.807, 2.05) is 0 Å². The summed E-state index contributed by atoms with van der Waals surface area (Å²) in [7, 11) is 0. The molecule has 1 N–H and O–H groups in total. The fourth-order valence-corrected chi connectivity index (χ4v) is 3.99. The van der Waals surface area contributed by atoms with Gasteiger partial charge in [0.15, 0.2) is 0 Å². The molecule has 2 fully saturated rings. The second-order valence-electron chi connectivity index (χ2n) is 6.07. The number of hydrogen-bond acceptors (Lipinski definition) is 2. The fourth-order valence-electron chi connectivity index (χ4n) is 3.99. The maximum absolute atomic E-state index is 6.24. The Morgan fingerprint density at radius 2 is 1.95 bits per heavy atom. The highest BCUT2D eigenvalue weighted by molar-refractivity contribution is 5.14. The van der Waals surface area contributed by atoms with E-state index in [0.29, 0.717) is 17.6 Å². The van der Waals surface area contributed by atoms with Gasteiger partial charge in [-0.15, -0.1) is 0 Å². The van der Waals surface area contributed by atoms with E-state index in [1.165, 1.54) is 37.7 Å². The van der Waals surface area contributed by atoms with Crippen LogP contribution < -0.4 is 5.32 Å². The first-order chi connectivity index (χ1) is 9.35. The molecule has 0 saturated heterocycles. The highest BCUT2D eigenvalue weighted by Gasteiger charge is 2.56. The number of nitrogens with one attached hydrogen (secondary N) is 1. The number of ether oxygens (including phenoxy) is 1. The Balaban J connectivity index is 1.59. The molecule has 2 heteroatoms. The third-order valence-electron chi connectivity index (χ3n) is 5.06. The Bertz CT molecular complexity index is 397. The molecule has 2 nitrogen and oxygen atoms in total. The standard InChI is InChI=1S/C17H25NO/c1-2-18-15-12-16(17(15)10-6-7-11-17)19-13-14-8-4-3-5-9-14/h3-5,8-9,15-16,18H,2,6-7,10-13H2,1H3. The van der Waals surface area contributed by atoms with Crippen molar-refractivity contribution in [3.05, 3.63) is 35.9 Å². The van der Waals surface area contributed by atoms with Crippen molar-refractivity contribution < 1.29 is 4.74 Å². The summed E-state index contributed by atoms with van der Waals surface area (Å²) in [6.45, 7) is 4.06. The molecule has 0 bridgehead atoms. The molecule has 104 valence electrons. The van der Waals surface area contributed by atoms with Gasteiger partial charge >= 0.3 is 0 Å². The number of hydrogen-bond donors (Lipinski definition) is 1. The van der Waals surface area contributed by atoms with Crippen LogP contribution >= 0.6 is 0 Å². The van der Waals surface area contributed by atoms with E-state index in [2.05, 4.69) is 42.6 Å². The van der Waals surface area contributed by atoms with Crippen LogP contribution in [0.5, 0.6) is 0 Å². The predicted molar refractivity (Wildman–Crippen MR) is 78.0 cm³/mol. The summed E-state index contributed by atoms with van der Waals surface area (Å²) in [5.41, 5.74) is 1.74. The fraction of sp³-hybridized carbons (Fsp3) is 0.647. The largest absolute Gasteiger partial charge is 0.373 e. The molecule has 2 aliphatic carbocycles. The second kappa shape index (κ2) is 5.64. The molecule has 0 aromatic heterocycles. The molecule has 1 aromatic carbocycles. The zero-order valence-corrected chi connectivity index (χ0v) is 11.9. The van der Waals surface area contributed by atoms with Crippen molar-refractivity contribution in [1.82, 2.24) is 5.32 Å². The van der Waals surface area contributed by atoms with Crippen molar-refractivity contribution in [3.63, 3.8) is 0 Å². The molecular formula is C17H25NO. The normalized spacial score (nSPS) is 28.5. The lowest BCUT2D eigenvalue weighted by Gasteiger charge is -2.54. The highest BCUT2D eigenvalue weighted by atomic mass is 16.5. The van der Waals surface area contributed by atoms with Crippen LogP contribution in [0.4, 0.5) is 0 Å². The van der Waals surface area contributed by atoms with Crippen LogP contribution in [0.1, 0.15) is 44.6 Å². The first-order valence-corrected chi connectivity index (χ1v) is 7.74. The van der Waals surface area contributed by atoms with Gasteiger partial charge in [0.05, 0.1) is 12.7 Å². The van der Waals surface area contributed by atoms with E-state index >= 15 is 0 Å². The maximum Gasteiger partial charge on any atom is 0.0720 e. The van der Waals surface area contributed by atoms with Crippen LogP contribution in [0.15, 0.2) is 30.3 Å². The second-order valence-corrected chi connectivity index (χ2v) is 6.07. The van der Waals surface area contributed by atoms with E-state index in [1.54, 1.807) is 0 Å². The zero-order valence-electron chi connectivity index (χ0n) is 11.9. The van der Waals surface area contributed by atoms with Gasteiger partial charge in [0.2, 0.25) is 0 Å². The smallest absolute Gasteiger partial charge is 0.0720 e. The zero-order chi connectivity index (χ0) is 13.1. The van der Waals surface area contributed by atoms with E-state index in [-0.39, 0.29) is 0 Å². The predicted octanol–water partition coefficient (Wildman–Crippen LogP) is 3.51. The quantitative estimate of drug-likeness (QED) is 0.873. The SMILES string of the molecule is CCNC1CC(OCc2ccccc2)C12CCCC2. The molecule has 0 radical (unpaired) electrons. The summed E-state index contributed by atoms with van der Waals surface area (Å²) in [6, 6.07) is 11.2. The summed E-state index contributed by atoms with van der Waals surface area (Å²) in [5, 5.41) is 3.66. The molecule has 3 rings (SSSR count). The summed E-state index contributed by atoms with van der Waals surface area (Å²) in [4.78, 5) is 0. The Hall–Kier alpha value is -0.860. The molecular weight excluding hydrogens is 234 g/mol. The van der Waals surface area contributed by atoms with Gasteiger partial charge in [-0.3, -0.25) is 0 Å². The van der Waals surface area contributed by atoms with E-state index in [4.69, 9.17) is 4.74 Å². The van der Waals surface area contributed by atoms with Crippen molar-refractivity contribution in [1.29, 1.82) is 0 Å². The monoisotopic (exact) mass is 259 g/mol. The highest BCUT2D eigenvalue weighted by Crippen LogP contribution is 2.54. The lowest BCUT2D eigenvalue weighted by Crippen LogP contribution is -2.62. The Kier molecular flexibility index (Phi) is 3.90. The molecule has 2 unspecified atom stereocenters. The van der Waals surface area contributed by atoms with Gasteiger partial charge in [0.25, 0.3) is 0 Å². The topological polar surface area (TPSA) is 21.3 Å². The van der Waals surface area contributed by atoms with Crippen molar-refractivity contribution in [2.45, 2.75) is 57.8 Å². The minimum absolute atomic E-state index is 0.449. The van der Waals surface area contributed by atoms with E-state index in [0.717, 1.165) is 13.2 Å². The average molecular weight is 259 g/mol. The maximum atomic E-state index is 6.24.